The molecule has 0 bridgehead atoms. The molecule has 0 aliphatic heterocycles. The topological polar surface area (TPSA) is 81.0 Å². The van der Waals surface area contributed by atoms with Gasteiger partial charge in [-0.3, -0.25) is 4.79 Å². The van der Waals surface area contributed by atoms with Gasteiger partial charge in [0.15, 0.2) is 23.4 Å². The first-order chi connectivity index (χ1) is 14.5. The summed E-state index contributed by atoms with van der Waals surface area (Å²) in [5, 5.41) is 2.04. The molecule has 0 amide bonds. The van der Waals surface area contributed by atoms with Gasteiger partial charge in [0.25, 0.3) is 0 Å². The van der Waals surface area contributed by atoms with Gasteiger partial charge in [-0.2, -0.15) is 0 Å². The number of H-pyrrole nitrogens is 1. The molecule has 0 radical (unpaired) electrons. The van der Waals surface area contributed by atoms with E-state index in [4.69, 9.17) is 32.4 Å². The van der Waals surface area contributed by atoms with Crippen LogP contribution < -0.4 is 4.74 Å². The van der Waals surface area contributed by atoms with E-state index in [2.05, 4.69) is 15.0 Å². The molecule has 0 saturated carbocycles. The summed E-state index contributed by atoms with van der Waals surface area (Å²) in [6, 6.07) is 10.9. The fourth-order valence-electron chi connectivity index (χ4n) is 3.33. The van der Waals surface area contributed by atoms with E-state index in [1.54, 1.807) is 24.5 Å². The number of benzene rings is 2. The third-order valence-electron chi connectivity index (χ3n) is 4.81. The Hall–Kier alpha value is -3.35. The van der Waals surface area contributed by atoms with Gasteiger partial charge in [0.05, 0.1) is 16.7 Å². The molecule has 0 fully saturated rings. The van der Waals surface area contributed by atoms with Crippen molar-refractivity contribution in [3.63, 3.8) is 0 Å². The van der Waals surface area contributed by atoms with Crippen LogP contribution in [0.4, 0.5) is 0 Å². The van der Waals surface area contributed by atoms with Crippen molar-refractivity contribution in [3.8, 4) is 22.9 Å². The average Bonchev–Trinajstić information content (AvgIpc) is 3.32. The van der Waals surface area contributed by atoms with Crippen molar-refractivity contribution < 1.29 is 13.9 Å². The minimum Gasteiger partial charge on any atom is -0.460 e. The summed E-state index contributed by atoms with van der Waals surface area (Å²) in [6.07, 6.45) is 3.94. The number of para-hydroxylation sites is 1. The van der Waals surface area contributed by atoms with Crippen molar-refractivity contribution in [2.24, 2.45) is 0 Å². The lowest BCUT2D eigenvalue weighted by Crippen LogP contribution is -1.93. The highest BCUT2D eigenvalue weighted by Crippen LogP contribution is 2.36. The number of carbonyl (C=O) groups is 1. The lowest BCUT2D eigenvalue weighted by molar-refractivity contribution is 0.112. The summed E-state index contributed by atoms with van der Waals surface area (Å²) in [6.45, 7) is 1.98. The van der Waals surface area contributed by atoms with Gasteiger partial charge in [0.2, 0.25) is 0 Å². The number of hydrogen-bond acceptors (Lipinski definition) is 5. The van der Waals surface area contributed by atoms with Crippen LogP contribution in [0.1, 0.15) is 15.9 Å². The van der Waals surface area contributed by atoms with Gasteiger partial charge in [0.1, 0.15) is 16.5 Å². The summed E-state index contributed by atoms with van der Waals surface area (Å²) >= 11 is 12.8. The maximum Gasteiger partial charge on any atom is 0.176 e. The second kappa shape index (κ2) is 7.16. The Kier molecular flexibility index (Phi) is 4.46. The van der Waals surface area contributed by atoms with E-state index in [1.807, 2.05) is 25.1 Å². The largest absolute Gasteiger partial charge is 0.460 e. The molecule has 0 saturated heterocycles. The van der Waals surface area contributed by atoms with Crippen LogP contribution in [0.15, 0.2) is 53.3 Å². The zero-order valence-electron chi connectivity index (χ0n) is 15.6. The molecule has 0 spiro atoms. The molecule has 2 aromatic carbocycles. The Morgan fingerprint density at radius 1 is 1.17 bits per heavy atom. The highest BCUT2D eigenvalue weighted by atomic mass is 35.5. The minimum atomic E-state index is 0.176. The molecule has 3 aromatic heterocycles. The van der Waals surface area contributed by atoms with Crippen LogP contribution in [0, 0.1) is 6.92 Å². The summed E-state index contributed by atoms with van der Waals surface area (Å²) in [5.41, 5.74) is 3.16. The number of ether oxygens (including phenoxy) is 1. The van der Waals surface area contributed by atoms with E-state index in [-0.39, 0.29) is 5.15 Å². The second-order valence-corrected chi connectivity index (χ2v) is 7.48. The van der Waals surface area contributed by atoms with Crippen LogP contribution >= 0.6 is 23.2 Å². The smallest absolute Gasteiger partial charge is 0.176 e. The second-order valence-electron chi connectivity index (χ2n) is 6.72. The third-order valence-corrected chi connectivity index (χ3v) is 5.40. The Bertz CT molecular complexity index is 1440. The molecular formula is C22H13Cl2N3O3. The zero-order valence-corrected chi connectivity index (χ0v) is 17.1. The predicted octanol–water partition coefficient (Wildman–Crippen LogP) is 6.59. The fourth-order valence-corrected chi connectivity index (χ4v) is 3.87. The molecule has 0 unspecified atom stereocenters. The third kappa shape index (κ3) is 3.01. The number of carbonyl (C=O) groups excluding carboxylic acids is 1. The van der Waals surface area contributed by atoms with Crippen LogP contribution in [-0.4, -0.2) is 21.2 Å². The van der Waals surface area contributed by atoms with Crippen molar-refractivity contribution in [3.05, 3.63) is 70.2 Å². The fraction of sp³-hybridized carbons (Fsp3) is 0.0455. The van der Waals surface area contributed by atoms with Gasteiger partial charge in [0, 0.05) is 28.8 Å². The van der Waals surface area contributed by atoms with Gasteiger partial charge in [-0.1, -0.05) is 35.3 Å². The lowest BCUT2D eigenvalue weighted by atomic mass is 10.2. The molecule has 5 rings (SSSR count). The van der Waals surface area contributed by atoms with E-state index in [9.17, 15) is 4.79 Å². The normalized spacial score (nSPS) is 11.3. The van der Waals surface area contributed by atoms with E-state index in [1.165, 1.54) is 6.20 Å². The number of aromatic amines is 1. The number of nitrogens with zero attached hydrogens (tertiary/aromatic N) is 2. The Morgan fingerprint density at radius 2 is 2.03 bits per heavy atom. The number of rotatable bonds is 4. The Morgan fingerprint density at radius 3 is 2.83 bits per heavy atom. The van der Waals surface area contributed by atoms with Crippen molar-refractivity contribution in [1.82, 2.24) is 15.0 Å². The summed E-state index contributed by atoms with van der Waals surface area (Å²) in [7, 11) is 0. The van der Waals surface area contributed by atoms with Gasteiger partial charge >= 0.3 is 0 Å². The minimum absolute atomic E-state index is 0.176. The molecule has 3 heterocycles. The first-order valence-corrected chi connectivity index (χ1v) is 9.75. The highest BCUT2D eigenvalue weighted by molar-refractivity contribution is 6.35. The molecule has 30 heavy (non-hydrogen) atoms. The van der Waals surface area contributed by atoms with Gasteiger partial charge < -0.3 is 14.1 Å². The SMILES string of the molecule is Cc1coc2c(Oc3ccc(-c4nc(Cl)c5c(C=O)c[nH]c5n4)c(Cl)c3)cccc12. The van der Waals surface area contributed by atoms with E-state index < -0.39 is 0 Å². The van der Waals surface area contributed by atoms with Gasteiger partial charge in [-0.05, 0) is 30.7 Å². The predicted molar refractivity (Wildman–Crippen MR) is 116 cm³/mol. The zero-order chi connectivity index (χ0) is 20.8. The number of halogens is 2. The van der Waals surface area contributed by atoms with E-state index in [0.717, 1.165) is 10.9 Å². The molecule has 0 atom stereocenters. The molecule has 6 nitrogen and oxygen atoms in total. The standard InChI is InChI=1S/C22H13Cl2N3O3/c1-11-10-29-19-14(11)3-2-4-17(19)30-13-5-6-15(16(23)7-13)21-26-20(24)18-12(9-28)8-25-22(18)27-21/h2-10H,1H3,(H,25,26,27). The monoisotopic (exact) mass is 437 g/mol. The van der Waals surface area contributed by atoms with Crippen LogP contribution in [0.25, 0.3) is 33.4 Å². The maximum atomic E-state index is 11.1. The highest BCUT2D eigenvalue weighted by Gasteiger charge is 2.16. The van der Waals surface area contributed by atoms with Crippen LogP contribution in [0.2, 0.25) is 10.2 Å². The first-order valence-electron chi connectivity index (χ1n) is 8.99. The number of aldehydes is 1. The molecule has 1 N–H and O–H groups in total. The number of hydrogen-bond donors (Lipinski definition) is 1. The molecular weight excluding hydrogens is 425 g/mol. The van der Waals surface area contributed by atoms with Crippen LogP contribution in [-0.2, 0) is 0 Å². The average molecular weight is 438 g/mol. The first kappa shape index (κ1) is 18.7. The molecule has 0 aliphatic carbocycles. The number of aryl methyl sites for hydroxylation is 1. The quantitative estimate of drug-likeness (QED) is 0.253. The molecule has 8 heteroatoms. The van der Waals surface area contributed by atoms with Crippen molar-refractivity contribution >= 4 is 51.5 Å². The van der Waals surface area contributed by atoms with Crippen LogP contribution in [0.5, 0.6) is 11.5 Å². The number of nitrogens with one attached hydrogen (secondary N) is 1. The number of aromatic nitrogens is 3. The lowest BCUT2D eigenvalue weighted by Gasteiger charge is -2.09. The molecule has 5 aromatic rings. The van der Waals surface area contributed by atoms with Crippen molar-refractivity contribution in [2.75, 3.05) is 0 Å². The van der Waals surface area contributed by atoms with Crippen LogP contribution in [0.3, 0.4) is 0 Å². The molecule has 0 aliphatic rings. The number of fused-ring (bicyclic) bond motifs is 2. The van der Waals surface area contributed by atoms with E-state index >= 15 is 0 Å². The maximum absolute atomic E-state index is 11.1. The van der Waals surface area contributed by atoms with Gasteiger partial charge in [-0.25, -0.2) is 9.97 Å². The Balaban J connectivity index is 1.52. The summed E-state index contributed by atoms with van der Waals surface area (Å²) in [4.78, 5) is 22.8. The Labute approximate surface area is 180 Å². The number of furan rings is 1. The molecule has 148 valence electrons. The van der Waals surface area contributed by atoms with Gasteiger partial charge in [-0.15, -0.1) is 0 Å². The van der Waals surface area contributed by atoms with Crippen molar-refractivity contribution in [1.29, 1.82) is 0 Å². The summed E-state index contributed by atoms with van der Waals surface area (Å²) in [5.74, 6) is 1.48. The van der Waals surface area contributed by atoms with Crippen molar-refractivity contribution in [2.45, 2.75) is 6.92 Å². The summed E-state index contributed by atoms with van der Waals surface area (Å²) < 4.78 is 11.6. The van der Waals surface area contributed by atoms with E-state index in [0.29, 0.717) is 56.4 Å².